The van der Waals surface area contributed by atoms with E-state index in [-0.39, 0.29) is 23.5 Å². The van der Waals surface area contributed by atoms with E-state index in [0.717, 1.165) is 6.54 Å². The van der Waals surface area contributed by atoms with Crippen molar-refractivity contribution >= 4 is 27.0 Å². The van der Waals surface area contributed by atoms with Crippen molar-refractivity contribution < 1.29 is 8.42 Å². The first-order valence-electron chi connectivity index (χ1n) is 5.05. The van der Waals surface area contributed by atoms with Crippen LogP contribution in [0.3, 0.4) is 0 Å². The molecule has 88 valence electrons. The van der Waals surface area contributed by atoms with Gasteiger partial charge in [-0.3, -0.25) is 4.90 Å². The summed E-state index contributed by atoms with van der Waals surface area (Å²) < 4.78 is 22.7. The Balaban J connectivity index is 2.56. The summed E-state index contributed by atoms with van der Waals surface area (Å²) in [6.07, 6.45) is 0. The molecule has 0 aliphatic carbocycles. The maximum Gasteiger partial charge on any atom is 0.153 e. The molecule has 1 saturated heterocycles. The quantitative estimate of drug-likeness (QED) is 0.716. The summed E-state index contributed by atoms with van der Waals surface area (Å²) in [6.45, 7) is 5.25. The maximum absolute atomic E-state index is 11.3. The molecule has 0 amide bonds. The molecule has 15 heavy (non-hydrogen) atoms. The number of rotatable bonds is 3. The van der Waals surface area contributed by atoms with Crippen molar-refractivity contribution in [3.8, 4) is 0 Å². The van der Waals surface area contributed by atoms with Gasteiger partial charge in [0.1, 0.15) is 0 Å². The van der Waals surface area contributed by atoms with Gasteiger partial charge in [-0.15, -0.1) is 0 Å². The third kappa shape index (κ3) is 3.70. The molecule has 1 aliphatic heterocycles. The molecule has 1 aliphatic rings. The fourth-order valence-corrected chi connectivity index (χ4v) is 3.45. The molecular formula is C9H18N2O2S2. The number of sulfone groups is 1. The van der Waals surface area contributed by atoms with E-state index in [2.05, 4.69) is 4.90 Å². The first kappa shape index (κ1) is 12.9. The van der Waals surface area contributed by atoms with Crippen molar-refractivity contribution in [3.63, 3.8) is 0 Å². The number of nitrogens with two attached hydrogens (primary N) is 1. The van der Waals surface area contributed by atoms with Gasteiger partial charge in [0.25, 0.3) is 0 Å². The Labute approximate surface area is 96.7 Å². The van der Waals surface area contributed by atoms with Crippen LogP contribution in [0.2, 0.25) is 0 Å². The van der Waals surface area contributed by atoms with E-state index in [1.165, 1.54) is 0 Å². The highest BCUT2D eigenvalue weighted by molar-refractivity contribution is 7.91. The predicted molar refractivity (Wildman–Crippen MR) is 65.6 cm³/mol. The molecule has 2 N–H and O–H groups in total. The minimum atomic E-state index is -2.83. The largest absolute Gasteiger partial charge is 0.393 e. The van der Waals surface area contributed by atoms with Crippen molar-refractivity contribution in [1.82, 2.24) is 4.90 Å². The second-order valence-electron chi connectivity index (χ2n) is 4.26. The summed E-state index contributed by atoms with van der Waals surface area (Å²) in [6, 6.07) is 0.0700. The molecule has 0 aromatic heterocycles. The van der Waals surface area contributed by atoms with E-state index in [0.29, 0.717) is 11.5 Å². The topological polar surface area (TPSA) is 63.4 Å². The standard InChI is InChI=1S/C9H18N2O2S2/c1-7(9(10)14)5-11-3-4-15(12,13)6-8(11)2/h7-8H,3-6H2,1-2H3,(H2,10,14). The molecule has 6 heteroatoms. The predicted octanol–water partition coefficient (Wildman–Crippen LogP) is 0.0275. The molecule has 1 heterocycles. The highest BCUT2D eigenvalue weighted by Gasteiger charge is 2.28. The van der Waals surface area contributed by atoms with Crippen LogP contribution in [0.1, 0.15) is 13.8 Å². The number of nitrogens with zero attached hydrogens (tertiary/aromatic N) is 1. The van der Waals surface area contributed by atoms with Crippen LogP contribution in [-0.4, -0.2) is 48.9 Å². The van der Waals surface area contributed by atoms with Gasteiger partial charge in [-0.25, -0.2) is 8.42 Å². The SMILES string of the molecule is CC(CN1CCS(=O)(=O)CC1C)C(N)=S. The maximum atomic E-state index is 11.3. The van der Waals surface area contributed by atoms with Crippen molar-refractivity contribution in [2.24, 2.45) is 11.7 Å². The third-order valence-corrected chi connectivity index (χ3v) is 5.00. The lowest BCUT2D eigenvalue weighted by Gasteiger charge is -2.34. The number of hydrogen-bond donors (Lipinski definition) is 1. The minimum Gasteiger partial charge on any atom is -0.393 e. The van der Waals surface area contributed by atoms with Crippen molar-refractivity contribution in [3.05, 3.63) is 0 Å². The summed E-state index contributed by atoms with van der Waals surface area (Å²) in [5, 5.41) is 0. The lowest BCUT2D eigenvalue weighted by molar-refractivity contribution is 0.214. The van der Waals surface area contributed by atoms with E-state index in [1.807, 2.05) is 13.8 Å². The molecule has 0 aromatic carbocycles. The lowest BCUT2D eigenvalue weighted by Crippen LogP contribution is -2.49. The monoisotopic (exact) mass is 250 g/mol. The normalized spacial score (nSPS) is 28.5. The van der Waals surface area contributed by atoms with Gasteiger partial charge in [-0.2, -0.15) is 0 Å². The van der Waals surface area contributed by atoms with Gasteiger partial charge in [0.2, 0.25) is 0 Å². The fourth-order valence-electron chi connectivity index (χ4n) is 1.75. The summed E-state index contributed by atoms with van der Waals surface area (Å²) in [4.78, 5) is 2.64. The fraction of sp³-hybridized carbons (Fsp3) is 0.889. The van der Waals surface area contributed by atoms with Crippen LogP contribution in [0, 0.1) is 5.92 Å². The van der Waals surface area contributed by atoms with Crippen LogP contribution in [0.4, 0.5) is 0 Å². The molecule has 0 aromatic rings. The zero-order valence-corrected chi connectivity index (χ0v) is 10.8. The van der Waals surface area contributed by atoms with E-state index < -0.39 is 9.84 Å². The van der Waals surface area contributed by atoms with Gasteiger partial charge < -0.3 is 5.73 Å². The van der Waals surface area contributed by atoms with Crippen molar-refractivity contribution in [1.29, 1.82) is 0 Å². The highest BCUT2D eigenvalue weighted by atomic mass is 32.2. The van der Waals surface area contributed by atoms with Crippen LogP contribution in [0.15, 0.2) is 0 Å². The first-order chi connectivity index (χ1) is 6.82. The van der Waals surface area contributed by atoms with Crippen LogP contribution < -0.4 is 5.73 Å². The van der Waals surface area contributed by atoms with E-state index in [4.69, 9.17) is 18.0 Å². The molecule has 0 saturated carbocycles. The van der Waals surface area contributed by atoms with Gasteiger partial charge >= 0.3 is 0 Å². The highest BCUT2D eigenvalue weighted by Crippen LogP contribution is 2.13. The summed E-state index contributed by atoms with van der Waals surface area (Å²) in [7, 11) is -2.83. The molecule has 4 nitrogen and oxygen atoms in total. The smallest absolute Gasteiger partial charge is 0.153 e. The van der Waals surface area contributed by atoms with Gasteiger partial charge in [0.15, 0.2) is 9.84 Å². The molecule has 2 unspecified atom stereocenters. The molecule has 2 atom stereocenters. The van der Waals surface area contributed by atoms with Gasteiger partial charge in [0.05, 0.1) is 16.5 Å². The average Bonchev–Trinajstić information content (AvgIpc) is 2.08. The molecule has 1 fully saturated rings. The molecule has 1 rings (SSSR count). The zero-order valence-electron chi connectivity index (χ0n) is 9.14. The average molecular weight is 250 g/mol. The van der Waals surface area contributed by atoms with Crippen LogP contribution in [0.25, 0.3) is 0 Å². The summed E-state index contributed by atoms with van der Waals surface area (Å²) >= 11 is 4.90. The molecule has 0 bridgehead atoms. The first-order valence-corrected chi connectivity index (χ1v) is 7.28. The Hall–Kier alpha value is -0.200. The number of thiocarbonyl (C=S) groups is 1. The van der Waals surface area contributed by atoms with Crippen LogP contribution in [-0.2, 0) is 9.84 Å². The number of hydrogen-bond acceptors (Lipinski definition) is 4. The third-order valence-electron chi connectivity index (χ3n) is 2.80. The minimum absolute atomic E-state index is 0.0700. The van der Waals surface area contributed by atoms with E-state index >= 15 is 0 Å². The molecule has 0 radical (unpaired) electrons. The Bertz CT molecular complexity index is 340. The van der Waals surface area contributed by atoms with Crippen molar-refractivity contribution in [2.45, 2.75) is 19.9 Å². The second kappa shape index (κ2) is 4.76. The van der Waals surface area contributed by atoms with Crippen LogP contribution in [0.5, 0.6) is 0 Å². The van der Waals surface area contributed by atoms with Crippen molar-refractivity contribution in [2.75, 3.05) is 24.6 Å². The Morgan fingerprint density at radius 1 is 1.67 bits per heavy atom. The van der Waals surface area contributed by atoms with Gasteiger partial charge in [0, 0.05) is 25.0 Å². The Morgan fingerprint density at radius 2 is 2.27 bits per heavy atom. The summed E-state index contributed by atoms with van der Waals surface area (Å²) in [5.41, 5.74) is 5.54. The van der Waals surface area contributed by atoms with Gasteiger partial charge in [-0.1, -0.05) is 19.1 Å². The second-order valence-corrected chi connectivity index (χ2v) is 6.96. The van der Waals surface area contributed by atoms with Gasteiger partial charge in [-0.05, 0) is 6.92 Å². The molecule has 0 spiro atoms. The Kier molecular flexibility index (Phi) is 4.08. The lowest BCUT2D eigenvalue weighted by atomic mass is 10.1. The van der Waals surface area contributed by atoms with E-state index in [1.54, 1.807) is 0 Å². The summed E-state index contributed by atoms with van der Waals surface area (Å²) in [5.74, 6) is 0.640. The van der Waals surface area contributed by atoms with E-state index in [9.17, 15) is 8.42 Å². The molecular weight excluding hydrogens is 232 g/mol. The Morgan fingerprint density at radius 3 is 2.73 bits per heavy atom. The zero-order chi connectivity index (χ0) is 11.6. The van der Waals surface area contributed by atoms with Crippen LogP contribution >= 0.6 is 12.2 Å².